The Kier molecular flexibility index (Phi) is 8.59. The fourth-order valence-electron chi connectivity index (χ4n) is 5.22. The number of rotatable bonds is 10. The van der Waals surface area contributed by atoms with Crippen LogP contribution in [-0.4, -0.2) is 45.3 Å². The van der Waals surface area contributed by atoms with Crippen LogP contribution in [-0.2, 0) is 9.59 Å². The third-order valence-corrected chi connectivity index (χ3v) is 7.40. The van der Waals surface area contributed by atoms with E-state index in [1.165, 1.54) is 0 Å². The van der Waals surface area contributed by atoms with E-state index in [-0.39, 0.29) is 23.9 Å². The summed E-state index contributed by atoms with van der Waals surface area (Å²) in [5, 5.41) is 28.3. The molecule has 2 aliphatic rings. The molecule has 2 fully saturated rings. The normalized spacial score (nSPS) is 22.5. The maximum atomic E-state index is 13.3. The van der Waals surface area contributed by atoms with Crippen molar-refractivity contribution in [2.45, 2.75) is 129 Å². The Balaban J connectivity index is 2.13. The van der Waals surface area contributed by atoms with Gasteiger partial charge in [-0.3, -0.25) is 9.59 Å². The second-order valence-corrected chi connectivity index (χ2v) is 11.6. The molecule has 0 aliphatic heterocycles. The Labute approximate surface area is 188 Å². The second kappa shape index (κ2) is 10.2. The summed E-state index contributed by atoms with van der Waals surface area (Å²) in [7, 11) is 0. The number of amides is 2. The Hall–Kier alpha value is -1.14. The number of hydrogen-bond acceptors (Lipinski definition) is 4. The highest BCUT2D eigenvalue weighted by Gasteiger charge is 2.46. The van der Waals surface area contributed by atoms with E-state index in [1.807, 2.05) is 0 Å². The molecule has 0 saturated heterocycles. The van der Waals surface area contributed by atoms with Gasteiger partial charge in [-0.15, -0.1) is 0 Å². The quantitative estimate of drug-likeness (QED) is 0.391. The molecule has 2 rings (SSSR count). The highest BCUT2D eigenvalue weighted by atomic mass is 16.3. The van der Waals surface area contributed by atoms with Crippen LogP contribution in [0.1, 0.15) is 106 Å². The van der Waals surface area contributed by atoms with Gasteiger partial charge in [0.05, 0.1) is 23.3 Å². The van der Waals surface area contributed by atoms with E-state index in [9.17, 15) is 19.8 Å². The van der Waals surface area contributed by atoms with Crippen molar-refractivity contribution in [3.05, 3.63) is 0 Å². The van der Waals surface area contributed by atoms with Crippen LogP contribution in [0.5, 0.6) is 0 Å². The van der Waals surface area contributed by atoms with Crippen LogP contribution < -0.4 is 10.6 Å². The van der Waals surface area contributed by atoms with Gasteiger partial charge in [0.2, 0.25) is 11.8 Å². The molecule has 2 saturated carbocycles. The van der Waals surface area contributed by atoms with Crippen LogP contribution in [0.4, 0.5) is 0 Å². The van der Waals surface area contributed by atoms with E-state index in [4.69, 9.17) is 0 Å². The molecular weight excluding hydrogens is 392 g/mol. The molecule has 31 heavy (non-hydrogen) atoms. The highest BCUT2D eigenvalue weighted by molar-refractivity contribution is 6.04. The van der Waals surface area contributed by atoms with Crippen LogP contribution in [0.25, 0.3) is 0 Å². The summed E-state index contributed by atoms with van der Waals surface area (Å²) < 4.78 is 0. The maximum Gasteiger partial charge on any atom is 0.235 e. The molecule has 2 amide bonds. The molecule has 6 nitrogen and oxygen atoms in total. The van der Waals surface area contributed by atoms with Crippen molar-refractivity contribution < 1.29 is 19.8 Å². The lowest BCUT2D eigenvalue weighted by Crippen LogP contribution is -2.60. The van der Waals surface area contributed by atoms with Gasteiger partial charge >= 0.3 is 0 Å². The molecular formula is C25H46N2O4. The summed E-state index contributed by atoms with van der Waals surface area (Å²) in [6.07, 6.45) is 7.91. The minimum Gasteiger partial charge on any atom is -0.388 e. The largest absolute Gasteiger partial charge is 0.388 e. The number of carbonyl (C=O) groups excluding carboxylic acids is 2. The molecule has 0 bridgehead atoms. The molecule has 180 valence electrons. The average molecular weight is 439 g/mol. The fraction of sp³-hybridized carbons (Fsp3) is 0.920. The third kappa shape index (κ3) is 6.44. The number of nitrogens with one attached hydrogen (secondary N) is 2. The van der Waals surface area contributed by atoms with Crippen molar-refractivity contribution in [1.29, 1.82) is 0 Å². The number of aliphatic hydroxyl groups is 2. The van der Waals surface area contributed by atoms with Crippen molar-refractivity contribution in [3.63, 3.8) is 0 Å². The smallest absolute Gasteiger partial charge is 0.235 e. The molecule has 0 heterocycles. The topological polar surface area (TPSA) is 98.7 Å². The monoisotopic (exact) mass is 438 g/mol. The Morgan fingerprint density at radius 3 is 1.29 bits per heavy atom. The molecule has 4 N–H and O–H groups in total. The zero-order valence-electron chi connectivity index (χ0n) is 20.6. The van der Waals surface area contributed by atoms with Crippen molar-refractivity contribution in [1.82, 2.24) is 10.6 Å². The van der Waals surface area contributed by atoms with E-state index in [2.05, 4.69) is 38.3 Å². The lowest BCUT2D eigenvalue weighted by molar-refractivity contribution is -0.145. The number of hydrogen-bond donors (Lipinski definition) is 4. The predicted octanol–water partition coefficient (Wildman–Crippen LogP) is 3.68. The van der Waals surface area contributed by atoms with Gasteiger partial charge < -0.3 is 20.8 Å². The first kappa shape index (κ1) is 26.1. The lowest BCUT2D eigenvalue weighted by atomic mass is 9.82. The van der Waals surface area contributed by atoms with Gasteiger partial charge in [0.15, 0.2) is 0 Å². The Bertz CT molecular complexity index is 565. The molecule has 0 aromatic heterocycles. The lowest BCUT2D eigenvalue weighted by Gasteiger charge is -2.38. The van der Waals surface area contributed by atoms with E-state index in [0.29, 0.717) is 50.4 Å². The van der Waals surface area contributed by atoms with Crippen molar-refractivity contribution >= 4 is 11.8 Å². The van der Waals surface area contributed by atoms with Gasteiger partial charge in [-0.25, -0.2) is 0 Å². The van der Waals surface area contributed by atoms with E-state index < -0.39 is 16.6 Å². The van der Waals surface area contributed by atoms with Gasteiger partial charge in [0, 0.05) is 0 Å². The minimum atomic E-state index is -1.30. The third-order valence-electron chi connectivity index (χ3n) is 7.40. The molecule has 0 aromatic rings. The average Bonchev–Trinajstić information content (AvgIpc) is 3.30. The van der Waals surface area contributed by atoms with Crippen LogP contribution in [0, 0.1) is 17.3 Å². The van der Waals surface area contributed by atoms with E-state index in [1.54, 1.807) is 13.8 Å². The summed E-state index contributed by atoms with van der Waals surface area (Å²) in [5.74, 6) is -0.0897. The molecule has 2 atom stereocenters. The summed E-state index contributed by atoms with van der Waals surface area (Å²) in [6.45, 7) is 11.6. The highest BCUT2D eigenvalue weighted by Crippen LogP contribution is 2.37. The van der Waals surface area contributed by atoms with Crippen LogP contribution in [0.3, 0.4) is 0 Å². The maximum absolute atomic E-state index is 13.3. The minimum absolute atomic E-state index is 0.318. The molecule has 2 aliphatic carbocycles. The van der Waals surface area contributed by atoms with Gasteiger partial charge in [-0.05, 0) is 64.2 Å². The van der Waals surface area contributed by atoms with Crippen molar-refractivity contribution in [3.8, 4) is 0 Å². The SMILES string of the molecule is CC(C)CC(NC(=O)C(C)(C)C(=O)NC(CC(C)C)C1(O)CCCC1)C1(O)CCCC1. The molecule has 0 aromatic carbocycles. The molecule has 2 unspecified atom stereocenters. The zero-order chi connectivity index (χ0) is 23.4. The first-order valence-corrected chi connectivity index (χ1v) is 12.4. The van der Waals surface area contributed by atoms with Gasteiger partial charge in [0.1, 0.15) is 5.41 Å². The fourth-order valence-corrected chi connectivity index (χ4v) is 5.22. The van der Waals surface area contributed by atoms with Gasteiger partial charge in [-0.2, -0.15) is 0 Å². The van der Waals surface area contributed by atoms with Crippen LogP contribution in [0.2, 0.25) is 0 Å². The van der Waals surface area contributed by atoms with E-state index >= 15 is 0 Å². The summed E-state index contributed by atoms with van der Waals surface area (Å²) >= 11 is 0. The Morgan fingerprint density at radius 1 is 0.742 bits per heavy atom. The standard InChI is InChI=1S/C25H46N2O4/c1-17(2)15-19(24(30)11-7-8-12-24)26-21(28)23(5,6)22(29)27-20(16-18(3)4)25(31)13-9-10-14-25/h17-20,30-31H,7-16H2,1-6H3,(H,26,28)(H,27,29). The summed E-state index contributed by atoms with van der Waals surface area (Å²) in [6, 6.07) is -0.722. The Morgan fingerprint density at radius 2 is 1.03 bits per heavy atom. The number of carbonyl (C=O) groups is 2. The summed E-state index contributed by atoms with van der Waals surface area (Å²) in [4.78, 5) is 26.5. The van der Waals surface area contributed by atoms with Crippen LogP contribution >= 0.6 is 0 Å². The zero-order valence-corrected chi connectivity index (χ0v) is 20.6. The van der Waals surface area contributed by atoms with Crippen molar-refractivity contribution in [2.75, 3.05) is 0 Å². The first-order chi connectivity index (χ1) is 14.3. The van der Waals surface area contributed by atoms with Crippen LogP contribution in [0.15, 0.2) is 0 Å². The van der Waals surface area contributed by atoms with E-state index in [0.717, 1.165) is 25.7 Å². The summed E-state index contributed by atoms with van der Waals surface area (Å²) in [5.41, 5.74) is -3.09. The molecule has 6 heteroatoms. The predicted molar refractivity (Wildman–Crippen MR) is 123 cm³/mol. The first-order valence-electron chi connectivity index (χ1n) is 12.4. The molecule has 0 radical (unpaired) electrons. The van der Waals surface area contributed by atoms with Gasteiger partial charge in [-0.1, -0.05) is 53.4 Å². The second-order valence-electron chi connectivity index (χ2n) is 11.6. The van der Waals surface area contributed by atoms with Crippen molar-refractivity contribution in [2.24, 2.45) is 17.3 Å². The molecule has 0 spiro atoms. The van der Waals surface area contributed by atoms with Gasteiger partial charge in [0.25, 0.3) is 0 Å².